The summed E-state index contributed by atoms with van der Waals surface area (Å²) in [6, 6.07) is 12.0. The highest BCUT2D eigenvalue weighted by Crippen LogP contribution is 2.20. The van der Waals surface area contributed by atoms with Crippen LogP contribution in [-0.2, 0) is 0 Å². The monoisotopic (exact) mass is 223 g/mol. The Morgan fingerprint density at radius 3 is 2.18 bits per heavy atom. The van der Waals surface area contributed by atoms with Gasteiger partial charge in [-0.2, -0.15) is 0 Å². The van der Waals surface area contributed by atoms with Crippen LogP contribution < -0.4 is 11.2 Å². The summed E-state index contributed by atoms with van der Waals surface area (Å²) in [5, 5.41) is 8.79. The average Bonchev–Trinajstić information content (AvgIpc) is 2.33. The Morgan fingerprint density at radius 2 is 1.65 bits per heavy atom. The Labute approximate surface area is 100 Å². The lowest BCUT2D eigenvalue weighted by Gasteiger charge is -2.06. The largest absolute Gasteiger partial charge is 0.478 e. The summed E-state index contributed by atoms with van der Waals surface area (Å²) in [4.78, 5) is 10.7. The first kappa shape index (κ1) is 11.3. The number of aromatic carboxylic acids is 1. The van der Waals surface area contributed by atoms with Crippen LogP contribution in [0.5, 0.6) is 0 Å². The van der Waals surface area contributed by atoms with E-state index in [1.807, 2.05) is 6.07 Å². The van der Waals surface area contributed by atoms with Crippen molar-refractivity contribution in [2.24, 2.45) is 0 Å². The Hall–Kier alpha value is -2.23. The molecule has 0 atom stereocenters. The molecule has 0 saturated heterocycles. The number of rotatable bonds is 2. The first-order valence-electron chi connectivity index (χ1n) is 5.06. The van der Waals surface area contributed by atoms with Crippen molar-refractivity contribution >= 4 is 25.0 Å². The number of anilines is 1. The van der Waals surface area contributed by atoms with Crippen LogP contribution >= 0.6 is 0 Å². The van der Waals surface area contributed by atoms with Crippen LogP contribution in [0, 0.1) is 0 Å². The lowest BCUT2D eigenvalue weighted by molar-refractivity contribution is 0.0697. The fraction of sp³-hybridized carbons (Fsp3) is 0. The molecular formula is C13H10BNO2. The number of carboxylic acids is 1. The van der Waals surface area contributed by atoms with E-state index in [-0.39, 0.29) is 5.56 Å². The van der Waals surface area contributed by atoms with Gasteiger partial charge in [-0.15, -0.1) is 0 Å². The zero-order valence-electron chi connectivity index (χ0n) is 9.05. The van der Waals surface area contributed by atoms with E-state index in [9.17, 15) is 4.79 Å². The third-order valence-corrected chi connectivity index (χ3v) is 2.55. The van der Waals surface area contributed by atoms with Gasteiger partial charge in [-0.25, -0.2) is 4.79 Å². The molecule has 0 fully saturated rings. The molecule has 0 heterocycles. The van der Waals surface area contributed by atoms with E-state index < -0.39 is 5.97 Å². The van der Waals surface area contributed by atoms with Crippen molar-refractivity contribution in [2.45, 2.75) is 0 Å². The van der Waals surface area contributed by atoms with Crippen LogP contribution in [0.1, 0.15) is 10.4 Å². The van der Waals surface area contributed by atoms with Gasteiger partial charge in [0, 0.05) is 5.69 Å². The first-order valence-corrected chi connectivity index (χ1v) is 5.06. The molecule has 2 rings (SSSR count). The third-order valence-electron chi connectivity index (χ3n) is 2.55. The first-order chi connectivity index (χ1) is 8.08. The summed E-state index contributed by atoms with van der Waals surface area (Å²) in [6.07, 6.45) is 0. The number of hydrogen-bond acceptors (Lipinski definition) is 2. The average molecular weight is 223 g/mol. The molecular weight excluding hydrogens is 213 g/mol. The molecule has 0 unspecified atom stereocenters. The summed E-state index contributed by atoms with van der Waals surface area (Å²) in [5.41, 5.74) is 8.85. The normalized spacial score (nSPS) is 10.1. The van der Waals surface area contributed by atoms with Gasteiger partial charge in [0.25, 0.3) is 0 Å². The maximum Gasteiger partial charge on any atom is 0.335 e. The molecule has 0 aliphatic rings. The van der Waals surface area contributed by atoms with Gasteiger partial charge in [0.1, 0.15) is 7.85 Å². The van der Waals surface area contributed by atoms with Crippen LogP contribution in [0.25, 0.3) is 11.1 Å². The van der Waals surface area contributed by atoms with Crippen LogP contribution in [0.2, 0.25) is 0 Å². The molecule has 0 bridgehead atoms. The summed E-state index contributed by atoms with van der Waals surface area (Å²) < 4.78 is 0. The van der Waals surface area contributed by atoms with Crippen molar-refractivity contribution < 1.29 is 9.90 Å². The second kappa shape index (κ2) is 4.33. The molecule has 3 N–H and O–H groups in total. The van der Waals surface area contributed by atoms with Gasteiger partial charge in [0.2, 0.25) is 0 Å². The fourth-order valence-electron chi connectivity index (χ4n) is 1.56. The van der Waals surface area contributed by atoms with E-state index >= 15 is 0 Å². The van der Waals surface area contributed by atoms with E-state index in [1.165, 1.54) is 0 Å². The van der Waals surface area contributed by atoms with Gasteiger partial charge in [0.15, 0.2) is 0 Å². The molecule has 2 radical (unpaired) electrons. The predicted octanol–water partition coefficient (Wildman–Crippen LogP) is 1.43. The highest BCUT2D eigenvalue weighted by molar-refractivity contribution is 6.35. The van der Waals surface area contributed by atoms with Crippen molar-refractivity contribution in [3.8, 4) is 11.1 Å². The van der Waals surface area contributed by atoms with Gasteiger partial charge < -0.3 is 10.8 Å². The molecule has 0 amide bonds. The number of hydrogen-bond donors (Lipinski definition) is 2. The molecule has 2 aromatic carbocycles. The minimum absolute atomic E-state index is 0.261. The topological polar surface area (TPSA) is 63.3 Å². The van der Waals surface area contributed by atoms with Gasteiger partial charge in [0.05, 0.1) is 5.56 Å². The minimum Gasteiger partial charge on any atom is -0.478 e. The summed E-state index contributed by atoms with van der Waals surface area (Å²) >= 11 is 0. The lowest BCUT2D eigenvalue weighted by Crippen LogP contribution is -2.08. The van der Waals surface area contributed by atoms with Gasteiger partial charge in [-0.1, -0.05) is 29.7 Å². The number of carbonyl (C=O) groups is 1. The Balaban J connectivity index is 2.39. The molecule has 2 aromatic rings. The molecule has 17 heavy (non-hydrogen) atoms. The van der Waals surface area contributed by atoms with E-state index in [4.69, 9.17) is 18.7 Å². The summed E-state index contributed by atoms with van der Waals surface area (Å²) in [7, 11) is 5.63. The molecule has 4 heteroatoms. The highest BCUT2D eigenvalue weighted by atomic mass is 16.4. The molecule has 0 aliphatic carbocycles. The molecule has 0 spiro atoms. The lowest BCUT2D eigenvalue weighted by atomic mass is 9.91. The Kier molecular flexibility index (Phi) is 2.87. The Morgan fingerprint density at radius 1 is 1.06 bits per heavy atom. The second-order valence-corrected chi connectivity index (χ2v) is 3.73. The van der Waals surface area contributed by atoms with E-state index in [0.717, 1.165) is 11.1 Å². The van der Waals surface area contributed by atoms with Crippen LogP contribution in [0.3, 0.4) is 0 Å². The van der Waals surface area contributed by atoms with Gasteiger partial charge in [-0.3, -0.25) is 0 Å². The number of carboxylic acid groups (broad SMARTS) is 1. The zero-order valence-corrected chi connectivity index (χ0v) is 9.05. The van der Waals surface area contributed by atoms with Crippen molar-refractivity contribution in [3.05, 3.63) is 48.0 Å². The number of benzene rings is 2. The number of nitrogen functional groups attached to an aromatic ring is 1. The van der Waals surface area contributed by atoms with E-state index in [0.29, 0.717) is 11.2 Å². The van der Waals surface area contributed by atoms with Crippen molar-refractivity contribution in [1.29, 1.82) is 0 Å². The smallest absolute Gasteiger partial charge is 0.335 e. The van der Waals surface area contributed by atoms with E-state index in [2.05, 4.69) is 0 Å². The quantitative estimate of drug-likeness (QED) is 0.597. The SMILES string of the molecule is [B]c1ccc(-c2ccc(C(=O)O)cc2)cc1N. The standard InChI is InChI=1S/C13H10BNO2/c14-11-6-5-10(7-12(11)15)8-1-3-9(4-2-8)13(16)17/h1-7H,15H2,(H,16,17). The third kappa shape index (κ3) is 2.31. The van der Waals surface area contributed by atoms with E-state index in [1.54, 1.807) is 36.4 Å². The maximum atomic E-state index is 10.7. The number of nitrogens with two attached hydrogens (primary N) is 1. The molecule has 3 nitrogen and oxygen atoms in total. The van der Waals surface area contributed by atoms with Gasteiger partial charge >= 0.3 is 5.97 Å². The zero-order chi connectivity index (χ0) is 12.4. The highest BCUT2D eigenvalue weighted by Gasteiger charge is 2.03. The van der Waals surface area contributed by atoms with Crippen molar-refractivity contribution in [1.82, 2.24) is 0 Å². The second-order valence-electron chi connectivity index (χ2n) is 3.73. The fourth-order valence-corrected chi connectivity index (χ4v) is 1.56. The molecule has 0 aliphatic heterocycles. The van der Waals surface area contributed by atoms with Crippen molar-refractivity contribution in [2.75, 3.05) is 5.73 Å². The molecule has 0 aromatic heterocycles. The van der Waals surface area contributed by atoms with Crippen LogP contribution in [-0.4, -0.2) is 18.9 Å². The van der Waals surface area contributed by atoms with Crippen LogP contribution in [0.4, 0.5) is 5.69 Å². The summed E-state index contributed by atoms with van der Waals surface area (Å²) in [5.74, 6) is -0.937. The molecule has 82 valence electrons. The van der Waals surface area contributed by atoms with Crippen LogP contribution in [0.15, 0.2) is 42.5 Å². The van der Waals surface area contributed by atoms with Gasteiger partial charge in [-0.05, 0) is 29.3 Å². The maximum absolute atomic E-state index is 10.7. The molecule has 0 saturated carbocycles. The summed E-state index contributed by atoms with van der Waals surface area (Å²) in [6.45, 7) is 0. The minimum atomic E-state index is -0.937. The Bertz CT molecular complexity index is 564. The van der Waals surface area contributed by atoms with Crippen molar-refractivity contribution in [3.63, 3.8) is 0 Å². The predicted molar refractivity (Wildman–Crippen MR) is 68.6 cm³/mol.